The molecule has 0 spiro atoms. The van der Waals surface area contributed by atoms with Crippen molar-refractivity contribution < 1.29 is 14.3 Å². The van der Waals surface area contributed by atoms with E-state index in [1.54, 1.807) is 0 Å². The molecule has 34 heavy (non-hydrogen) atoms. The maximum Gasteiger partial charge on any atom is 0.234 e. The number of nitrogens with one attached hydrogen (secondary N) is 1. The molecule has 2 fully saturated rings. The first-order valence-corrected chi connectivity index (χ1v) is 12.3. The van der Waals surface area contributed by atoms with Crippen LogP contribution in [0.15, 0.2) is 42.5 Å². The van der Waals surface area contributed by atoms with Crippen molar-refractivity contribution in [1.82, 2.24) is 10.2 Å². The highest BCUT2D eigenvalue weighted by molar-refractivity contribution is 5.79. The van der Waals surface area contributed by atoms with Gasteiger partial charge < -0.3 is 19.7 Å². The van der Waals surface area contributed by atoms with Gasteiger partial charge in [-0.25, -0.2) is 0 Å². The third kappa shape index (κ3) is 4.83. The summed E-state index contributed by atoms with van der Waals surface area (Å²) in [4.78, 5) is 17.8. The number of carbonyl (C=O) groups is 1. The Balaban J connectivity index is 1.22. The fourth-order valence-corrected chi connectivity index (χ4v) is 5.45. The summed E-state index contributed by atoms with van der Waals surface area (Å²) in [5.74, 6) is 1.65. The molecular formula is C27H32N4O3. The molecule has 2 aromatic rings. The molecule has 178 valence electrons. The van der Waals surface area contributed by atoms with Crippen LogP contribution in [0.2, 0.25) is 0 Å². The molecule has 0 atom stereocenters. The second kappa shape index (κ2) is 9.94. The highest BCUT2D eigenvalue weighted by Gasteiger charge is 2.38. The van der Waals surface area contributed by atoms with E-state index in [9.17, 15) is 4.79 Å². The maximum atomic E-state index is 13.2. The monoisotopic (exact) mass is 460 g/mol. The summed E-state index contributed by atoms with van der Waals surface area (Å²) in [6.45, 7) is 5.10. The van der Waals surface area contributed by atoms with Crippen LogP contribution in [0, 0.1) is 11.3 Å². The van der Waals surface area contributed by atoms with E-state index in [1.807, 2.05) is 30.3 Å². The highest BCUT2D eigenvalue weighted by atomic mass is 16.6. The van der Waals surface area contributed by atoms with E-state index in [2.05, 4.69) is 33.3 Å². The lowest BCUT2D eigenvalue weighted by atomic mass is 9.87. The van der Waals surface area contributed by atoms with Gasteiger partial charge in [-0.2, -0.15) is 5.26 Å². The number of benzene rings is 2. The molecule has 2 aromatic carbocycles. The van der Waals surface area contributed by atoms with Crippen LogP contribution in [0.25, 0.3) is 0 Å². The van der Waals surface area contributed by atoms with E-state index < -0.39 is 0 Å². The van der Waals surface area contributed by atoms with Crippen molar-refractivity contribution in [3.63, 3.8) is 0 Å². The van der Waals surface area contributed by atoms with Gasteiger partial charge in [-0.05, 0) is 61.2 Å². The largest absolute Gasteiger partial charge is 0.486 e. The first-order chi connectivity index (χ1) is 16.6. The fraction of sp³-hybridized carbons (Fsp3) is 0.481. The van der Waals surface area contributed by atoms with Crippen LogP contribution < -0.4 is 19.7 Å². The molecule has 0 radical (unpaired) electrons. The molecule has 1 amide bonds. The van der Waals surface area contributed by atoms with Crippen LogP contribution in [0.3, 0.4) is 0 Å². The first-order valence-electron chi connectivity index (χ1n) is 12.3. The summed E-state index contributed by atoms with van der Waals surface area (Å²) >= 11 is 0. The standard InChI is InChI=1S/C27H32N4O3/c28-19-21-4-7-23(8-5-21)31-13-3-12-30(14-15-31)20-26(32)29-27(10-1-2-11-27)22-6-9-24-25(18-22)34-17-16-33-24/h4-9,18H,1-3,10-17,20H2,(H,29,32). The number of anilines is 1. The van der Waals surface area contributed by atoms with Crippen molar-refractivity contribution >= 4 is 11.6 Å². The third-order valence-corrected chi connectivity index (χ3v) is 7.25. The Labute approximate surface area is 201 Å². The summed E-state index contributed by atoms with van der Waals surface area (Å²) in [6.07, 6.45) is 5.12. The molecule has 2 heterocycles. The zero-order valence-electron chi connectivity index (χ0n) is 19.6. The summed E-state index contributed by atoms with van der Waals surface area (Å²) in [5.41, 5.74) is 2.60. The number of nitriles is 1. The van der Waals surface area contributed by atoms with Crippen LogP contribution in [-0.4, -0.2) is 56.7 Å². The Kier molecular flexibility index (Phi) is 6.59. The Morgan fingerprint density at radius 3 is 2.47 bits per heavy atom. The van der Waals surface area contributed by atoms with Crippen molar-refractivity contribution in [1.29, 1.82) is 5.26 Å². The number of rotatable bonds is 5. The van der Waals surface area contributed by atoms with Crippen LogP contribution in [0.4, 0.5) is 5.69 Å². The van der Waals surface area contributed by atoms with Crippen LogP contribution in [-0.2, 0) is 10.3 Å². The summed E-state index contributed by atoms with van der Waals surface area (Å²) in [6, 6.07) is 16.0. The molecule has 7 nitrogen and oxygen atoms in total. The molecule has 7 heteroatoms. The van der Waals surface area contributed by atoms with E-state index in [-0.39, 0.29) is 11.4 Å². The molecule has 1 saturated heterocycles. The van der Waals surface area contributed by atoms with Crippen molar-refractivity contribution in [3.8, 4) is 17.6 Å². The molecule has 0 aromatic heterocycles. The zero-order valence-corrected chi connectivity index (χ0v) is 19.6. The van der Waals surface area contributed by atoms with Gasteiger partial charge in [-0.1, -0.05) is 18.9 Å². The molecule has 5 rings (SSSR count). The van der Waals surface area contributed by atoms with Crippen molar-refractivity contribution in [3.05, 3.63) is 53.6 Å². The predicted molar refractivity (Wildman–Crippen MR) is 130 cm³/mol. The summed E-state index contributed by atoms with van der Waals surface area (Å²) in [7, 11) is 0. The lowest BCUT2D eigenvalue weighted by Gasteiger charge is -2.33. The maximum absolute atomic E-state index is 13.2. The number of carbonyl (C=O) groups excluding carboxylic acids is 1. The van der Waals surface area contributed by atoms with E-state index in [0.29, 0.717) is 25.3 Å². The van der Waals surface area contributed by atoms with Gasteiger partial charge >= 0.3 is 0 Å². The molecule has 1 aliphatic carbocycles. The van der Waals surface area contributed by atoms with E-state index in [1.165, 1.54) is 0 Å². The second-order valence-electron chi connectivity index (χ2n) is 9.47. The lowest BCUT2D eigenvalue weighted by Crippen LogP contribution is -2.48. The molecule has 0 unspecified atom stereocenters. The summed E-state index contributed by atoms with van der Waals surface area (Å²) < 4.78 is 11.5. The minimum atomic E-state index is -0.326. The number of fused-ring (bicyclic) bond motifs is 1. The van der Waals surface area contributed by atoms with Gasteiger partial charge in [0, 0.05) is 31.9 Å². The molecular weight excluding hydrogens is 428 g/mol. The molecule has 2 aliphatic heterocycles. The average molecular weight is 461 g/mol. The number of ether oxygens (including phenoxy) is 2. The number of nitrogens with zero attached hydrogens (tertiary/aromatic N) is 3. The smallest absolute Gasteiger partial charge is 0.234 e. The van der Waals surface area contributed by atoms with Crippen LogP contribution >= 0.6 is 0 Å². The van der Waals surface area contributed by atoms with Gasteiger partial charge in [0.2, 0.25) is 5.91 Å². The van der Waals surface area contributed by atoms with Gasteiger partial charge in [-0.15, -0.1) is 0 Å². The van der Waals surface area contributed by atoms with Gasteiger partial charge in [-0.3, -0.25) is 9.69 Å². The van der Waals surface area contributed by atoms with Gasteiger partial charge in [0.25, 0.3) is 0 Å². The van der Waals surface area contributed by atoms with Gasteiger partial charge in [0.15, 0.2) is 11.5 Å². The van der Waals surface area contributed by atoms with Crippen molar-refractivity contribution in [2.45, 2.75) is 37.6 Å². The van der Waals surface area contributed by atoms with Crippen LogP contribution in [0.5, 0.6) is 11.5 Å². The number of amides is 1. The quantitative estimate of drug-likeness (QED) is 0.737. The lowest BCUT2D eigenvalue weighted by molar-refractivity contribution is -0.124. The molecule has 1 N–H and O–H groups in total. The van der Waals surface area contributed by atoms with Crippen molar-refractivity contribution in [2.24, 2.45) is 0 Å². The Hall–Kier alpha value is -3.24. The van der Waals surface area contributed by atoms with E-state index in [0.717, 1.165) is 81.0 Å². The Morgan fingerprint density at radius 1 is 0.941 bits per heavy atom. The Morgan fingerprint density at radius 2 is 1.71 bits per heavy atom. The topological polar surface area (TPSA) is 77.8 Å². The van der Waals surface area contributed by atoms with E-state index >= 15 is 0 Å². The average Bonchev–Trinajstić information content (AvgIpc) is 3.23. The number of hydrogen-bond acceptors (Lipinski definition) is 6. The van der Waals surface area contributed by atoms with Gasteiger partial charge in [0.1, 0.15) is 13.2 Å². The highest BCUT2D eigenvalue weighted by Crippen LogP contribution is 2.42. The number of hydrogen-bond donors (Lipinski definition) is 1. The molecule has 1 saturated carbocycles. The molecule has 0 bridgehead atoms. The zero-order chi connectivity index (χ0) is 23.4. The third-order valence-electron chi connectivity index (χ3n) is 7.25. The summed E-state index contributed by atoms with van der Waals surface area (Å²) in [5, 5.41) is 12.4. The predicted octanol–water partition coefficient (Wildman–Crippen LogP) is 3.43. The molecule has 3 aliphatic rings. The first kappa shape index (κ1) is 22.5. The van der Waals surface area contributed by atoms with Crippen molar-refractivity contribution in [2.75, 3.05) is 50.8 Å². The fourth-order valence-electron chi connectivity index (χ4n) is 5.45. The minimum absolute atomic E-state index is 0.0867. The minimum Gasteiger partial charge on any atom is -0.486 e. The van der Waals surface area contributed by atoms with Crippen LogP contribution in [0.1, 0.15) is 43.2 Å². The SMILES string of the molecule is N#Cc1ccc(N2CCCN(CC(=O)NC3(c4ccc5c(c4)OCCO5)CCCC3)CC2)cc1. The second-order valence-corrected chi connectivity index (χ2v) is 9.47. The van der Waals surface area contributed by atoms with Gasteiger partial charge in [0.05, 0.1) is 23.7 Å². The normalized spacial score (nSPS) is 19.8. The Bertz CT molecular complexity index is 1060. The van der Waals surface area contributed by atoms with E-state index in [4.69, 9.17) is 14.7 Å².